The third-order valence-corrected chi connectivity index (χ3v) is 5.67. The average molecular weight is 347 g/mol. The van der Waals surface area contributed by atoms with Gasteiger partial charge in [0.05, 0.1) is 22.3 Å². The molecule has 0 atom stereocenters. The van der Waals surface area contributed by atoms with Gasteiger partial charge in [-0.15, -0.1) is 0 Å². The van der Waals surface area contributed by atoms with Crippen molar-refractivity contribution in [1.29, 1.82) is 0 Å². The van der Waals surface area contributed by atoms with Crippen molar-refractivity contribution in [2.45, 2.75) is 24.0 Å². The second kappa shape index (κ2) is 7.97. The van der Waals surface area contributed by atoms with Gasteiger partial charge in [-0.25, -0.2) is 8.42 Å². The van der Waals surface area contributed by atoms with Crippen LogP contribution in [0.5, 0.6) is 5.75 Å². The number of nitrogens with one attached hydrogen (secondary N) is 1. The highest BCUT2D eigenvalue weighted by molar-refractivity contribution is 7.92. The second-order valence-electron chi connectivity index (χ2n) is 5.51. The van der Waals surface area contributed by atoms with Gasteiger partial charge in [-0.05, 0) is 38.1 Å². The molecule has 0 aliphatic heterocycles. The van der Waals surface area contributed by atoms with Gasteiger partial charge in [-0.1, -0.05) is 30.3 Å². The Morgan fingerprint density at radius 2 is 1.67 bits per heavy atom. The van der Waals surface area contributed by atoms with Crippen molar-refractivity contribution in [3.05, 3.63) is 60.2 Å². The lowest BCUT2D eigenvalue weighted by molar-refractivity contribution is 0.0943. The molecule has 5 nitrogen and oxygen atoms in total. The van der Waals surface area contributed by atoms with E-state index < -0.39 is 21.0 Å². The van der Waals surface area contributed by atoms with Gasteiger partial charge in [0.2, 0.25) is 0 Å². The van der Waals surface area contributed by atoms with E-state index in [1.165, 1.54) is 12.1 Å². The summed E-state index contributed by atoms with van der Waals surface area (Å²) in [4.78, 5) is 12.4. The fourth-order valence-corrected chi connectivity index (χ4v) is 3.35. The van der Waals surface area contributed by atoms with Crippen LogP contribution in [0.15, 0.2) is 59.5 Å². The maximum Gasteiger partial charge on any atom is 0.252 e. The van der Waals surface area contributed by atoms with Crippen LogP contribution in [0.2, 0.25) is 0 Å². The SMILES string of the molecule is CC(C)S(=O)(=O)c1ccccc1C(=O)NCCOc1ccccc1. The molecule has 0 spiro atoms. The number of amides is 1. The van der Waals surface area contributed by atoms with Gasteiger partial charge in [-0.3, -0.25) is 4.79 Å². The zero-order chi connectivity index (χ0) is 17.6. The predicted octanol–water partition coefficient (Wildman–Crippen LogP) is 2.68. The van der Waals surface area contributed by atoms with Gasteiger partial charge < -0.3 is 10.1 Å². The largest absolute Gasteiger partial charge is 0.492 e. The summed E-state index contributed by atoms with van der Waals surface area (Å²) in [6.45, 7) is 3.77. The summed E-state index contributed by atoms with van der Waals surface area (Å²) in [5.74, 6) is 0.293. The summed E-state index contributed by atoms with van der Waals surface area (Å²) in [5, 5.41) is 2.10. The first-order valence-corrected chi connectivity index (χ1v) is 9.26. The third kappa shape index (κ3) is 4.35. The first-order chi connectivity index (χ1) is 11.4. The van der Waals surface area contributed by atoms with Gasteiger partial charge in [0, 0.05) is 0 Å². The van der Waals surface area contributed by atoms with Crippen LogP contribution >= 0.6 is 0 Å². The number of hydrogen-bond donors (Lipinski definition) is 1. The number of ether oxygens (including phenoxy) is 1. The minimum atomic E-state index is -3.52. The Kier molecular flexibility index (Phi) is 5.98. The average Bonchev–Trinajstić information content (AvgIpc) is 2.59. The van der Waals surface area contributed by atoms with Crippen LogP contribution in [-0.4, -0.2) is 32.7 Å². The van der Waals surface area contributed by atoms with E-state index in [1.807, 2.05) is 30.3 Å². The zero-order valence-corrected chi connectivity index (χ0v) is 14.5. The van der Waals surface area contributed by atoms with Crippen molar-refractivity contribution in [2.24, 2.45) is 0 Å². The van der Waals surface area contributed by atoms with E-state index in [9.17, 15) is 13.2 Å². The minimum absolute atomic E-state index is 0.0569. The van der Waals surface area contributed by atoms with Gasteiger partial charge >= 0.3 is 0 Å². The van der Waals surface area contributed by atoms with Gasteiger partial charge in [0.25, 0.3) is 5.91 Å². The van der Waals surface area contributed by atoms with Crippen molar-refractivity contribution in [3.63, 3.8) is 0 Å². The molecule has 2 aromatic carbocycles. The molecule has 0 aromatic heterocycles. The summed E-state index contributed by atoms with van der Waals surface area (Å²) in [6, 6.07) is 15.5. The van der Waals surface area contributed by atoms with E-state index in [0.29, 0.717) is 6.61 Å². The molecule has 2 aromatic rings. The van der Waals surface area contributed by atoms with Crippen LogP contribution in [0.25, 0.3) is 0 Å². The molecule has 0 unspecified atom stereocenters. The monoisotopic (exact) mass is 347 g/mol. The number of sulfone groups is 1. The van der Waals surface area contributed by atoms with Crippen LogP contribution < -0.4 is 10.1 Å². The topological polar surface area (TPSA) is 72.5 Å². The molecule has 1 N–H and O–H groups in total. The van der Waals surface area contributed by atoms with Crippen LogP contribution in [0.3, 0.4) is 0 Å². The third-order valence-electron chi connectivity index (χ3n) is 3.46. The van der Waals surface area contributed by atoms with Gasteiger partial charge in [0.1, 0.15) is 12.4 Å². The highest BCUT2D eigenvalue weighted by Gasteiger charge is 2.24. The Balaban J connectivity index is 2.00. The Labute approximate surface area is 142 Å². The number of carbonyl (C=O) groups excluding carboxylic acids is 1. The summed E-state index contributed by atoms with van der Waals surface area (Å²) in [6.07, 6.45) is 0. The van der Waals surface area contributed by atoms with Crippen molar-refractivity contribution in [2.75, 3.05) is 13.2 Å². The quantitative estimate of drug-likeness (QED) is 0.782. The lowest BCUT2D eigenvalue weighted by Crippen LogP contribution is -2.30. The number of benzene rings is 2. The number of rotatable bonds is 7. The molecule has 0 aliphatic rings. The maximum absolute atomic E-state index is 12.4. The Morgan fingerprint density at radius 1 is 1.04 bits per heavy atom. The number of hydrogen-bond acceptors (Lipinski definition) is 4. The highest BCUT2D eigenvalue weighted by atomic mass is 32.2. The molecule has 6 heteroatoms. The summed E-state index contributed by atoms with van der Waals surface area (Å²) < 4.78 is 30.2. The summed E-state index contributed by atoms with van der Waals surface area (Å²) in [5.41, 5.74) is 0.158. The van der Waals surface area contributed by atoms with E-state index in [1.54, 1.807) is 26.0 Å². The fourth-order valence-electron chi connectivity index (χ4n) is 2.10. The lowest BCUT2D eigenvalue weighted by Gasteiger charge is -2.13. The zero-order valence-electron chi connectivity index (χ0n) is 13.7. The Bertz CT molecular complexity index is 786. The molecule has 1 amide bonds. The van der Waals surface area contributed by atoms with E-state index in [0.717, 1.165) is 5.75 Å². The molecule has 2 rings (SSSR count). The predicted molar refractivity (Wildman–Crippen MR) is 93.0 cm³/mol. The van der Waals surface area contributed by atoms with Crippen molar-refractivity contribution < 1.29 is 17.9 Å². The molecular weight excluding hydrogens is 326 g/mol. The van der Waals surface area contributed by atoms with Gasteiger partial charge in [-0.2, -0.15) is 0 Å². The van der Waals surface area contributed by atoms with E-state index >= 15 is 0 Å². The smallest absolute Gasteiger partial charge is 0.252 e. The first-order valence-electron chi connectivity index (χ1n) is 7.72. The molecular formula is C18H21NO4S. The highest BCUT2D eigenvalue weighted by Crippen LogP contribution is 2.20. The first kappa shape index (κ1) is 18.0. The summed E-state index contributed by atoms with van der Waals surface area (Å²) >= 11 is 0. The Hall–Kier alpha value is -2.34. The molecule has 0 radical (unpaired) electrons. The maximum atomic E-state index is 12.4. The van der Waals surface area contributed by atoms with Crippen LogP contribution in [0.4, 0.5) is 0 Å². The lowest BCUT2D eigenvalue weighted by atomic mass is 10.2. The van der Waals surface area contributed by atoms with Crippen molar-refractivity contribution >= 4 is 15.7 Å². The molecule has 0 fully saturated rings. The van der Waals surface area contributed by atoms with Gasteiger partial charge in [0.15, 0.2) is 9.84 Å². The minimum Gasteiger partial charge on any atom is -0.492 e. The molecule has 24 heavy (non-hydrogen) atoms. The van der Waals surface area contributed by atoms with Crippen LogP contribution in [0, 0.1) is 0 Å². The Morgan fingerprint density at radius 3 is 2.33 bits per heavy atom. The van der Waals surface area contributed by atoms with Crippen LogP contribution in [-0.2, 0) is 9.84 Å². The fraction of sp³-hybridized carbons (Fsp3) is 0.278. The molecule has 0 aliphatic carbocycles. The molecule has 0 bridgehead atoms. The molecule has 0 heterocycles. The number of carbonyl (C=O) groups is 1. The van der Waals surface area contributed by atoms with E-state index in [-0.39, 0.29) is 17.0 Å². The normalized spacial score (nSPS) is 11.3. The van der Waals surface area contributed by atoms with Crippen LogP contribution in [0.1, 0.15) is 24.2 Å². The van der Waals surface area contributed by atoms with E-state index in [2.05, 4.69) is 5.32 Å². The summed E-state index contributed by atoms with van der Waals surface area (Å²) in [7, 11) is -3.52. The number of para-hydroxylation sites is 1. The van der Waals surface area contributed by atoms with Crippen molar-refractivity contribution in [3.8, 4) is 5.75 Å². The van der Waals surface area contributed by atoms with Crippen molar-refractivity contribution in [1.82, 2.24) is 5.32 Å². The standard InChI is InChI=1S/C18H21NO4S/c1-14(2)24(21,22)17-11-7-6-10-16(17)18(20)19-12-13-23-15-8-4-3-5-9-15/h3-11,14H,12-13H2,1-2H3,(H,19,20). The molecule has 0 saturated carbocycles. The van der Waals surface area contributed by atoms with E-state index in [4.69, 9.17) is 4.74 Å². The molecule has 128 valence electrons. The molecule has 0 saturated heterocycles. The second-order valence-corrected chi connectivity index (χ2v) is 7.98.